The maximum atomic E-state index is 12.3. The third kappa shape index (κ3) is 3.30. The van der Waals surface area contributed by atoms with Gasteiger partial charge in [-0.05, 0) is 37.3 Å². The van der Waals surface area contributed by atoms with Crippen molar-refractivity contribution in [2.75, 3.05) is 6.61 Å². The second-order valence-corrected chi connectivity index (χ2v) is 7.55. The maximum absolute atomic E-state index is 12.3. The van der Waals surface area contributed by atoms with E-state index >= 15 is 0 Å². The Balaban J connectivity index is 1.70. The third-order valence-electron chi connectivity index (χ3n) is 5.37. The summed E-state index contributed by atoms with van der Waals surface area (Å²) in [5.41, 5.74) is 1.52. The Hall–Kier alpha value is -1.68. The molecule has 9 heteroatoms. The summed E-state index contributed by atoms with van der Waals surface area (Å²) in [6, 6.07) is 3.08. The number of halogens is 1. The summed E-state index contributed by atoms with van der Waals surface area (Å²) in [7, 11) is 0. The van der Waals surface area contributed by atoms with Crippen molar-refractivity contribution in [1.82, 2.24) is 0 Å². The van der Waals surface area contributed by atoms with Gasteiger partial charge in [-0.25, -0.2) is 4.79 Å². The fraction of sp³-hybridized carbons (Fsp3) is 0.526. The Morgan fingerprint density at radius 2 is 1.79 bits per heavy atom. The molecule has 0 bridgehead atoms. The van der Waals surface area contributed by atoms with Gasteiger partial charge in [-0.1, -0.05) is 11.6 Å². The van der Waals surface area contributed by atoms with Crippen LogP contribution in [0.1, 0.15) is 24.0 Å². The van der Waals surface area contributed by atoms with E-state index in [1.807, 2.05) is 0 Å². The Kier molecular flexibility index (Phi) is 5.34. The van der Waals surface area contributed by atoms with Gasteiger partial charge >= 0.3 is 5.63 Å². The molecule has 28 heavy (non-hydrogen) atoms. The summed E-state index contributed by atoms with van der Waals surface area (Å²) in [6.45, 7) is -0.572. The molecule has 1 aromatic heterocycles. The van der Waals surface area contributed by atoms with Crippen molar-refractivity contribution in [3.8, 4) is 5.75 Å². The second kappa shape index (κ2) is 7.62. The Morgan fingerprint density at radius 3 is 2.50 bits per heavy atom. The Labute approximate surface area is 164 Å². The lowest BCUT2D eigenvalue weighted by molar-refractivity contribution is -0.277. The monoisotopic (exact) mass is 412 g/mol. The molecule has 2 aromatic rings. The van der Waals surface area contributed by atoms with Crippen LogP contribution in [0.2, 0.25) is 5.02 Å². The van der Waals surface area contributed by atoms with E-state index in [9.17, 15) is 25.2 Å². The fourth-order valence-corrected chi connectivity index (χ4v) is 4.03. The molecule has 1 aromatic carbocycles. The number of hydrogen-bond acceptors (Lipinski definition) is 8. The van der Waals surface area contributed by atoms with Gasteiger partial charge in [0.2, 0.25) is 6.29 Å². The van der Waals surface area contributed by atoms with Crippen LogP contribution in [0.5, 0.6) is 5.75 Å². The molecular formula is C19H21ClO8. The summed E-state index contributed by atoms with van der Waals surface area (Å²) in [5, 5.41) is 40.1. The summed E-state index contributed by atoms with van der Waals surface area (Å²) < 4.78 is 16.4. The van der Waals surface area contributed by atoms with E-state index in [4.69, 9.17) is 25.5 Å². The second-order valence-electron chi connectivity index (χ2n) is 7.15. The van der Waals surface area contributed by atoms with Crippen LogP contribution in [0.25, 0.3) is 11.0 Å². The van der Waals surface area contributed by atoms with Gasteiger partial charge in [0.1, 0.15) is 35.7 Å². The zero-order valence-electron chi connectivity index (χ0n) is 14.9. The molecule has 2 heterocycles. The van der Waals surface area contributed by atoms with Gasteiger partial charge in [0.25, 0.3) is 0 Å². The molecule has 1 saturated heterocycles. The highest BCUT2D eigenvalue weighted by molar-refractivity contribution is 6.32. The first-order valence-corrected chi connectivity index (χ1v) is 9.53. The van der Waals surface area contributed by atoms with Crippen molar-refractivity contribution >= 4 is 22.6 Å². The van der Waals surface area contributed by atoms with Crippen molar-refractivity contribution < 1.29 is 34.3 Å². The molecule has 1 aliphatic heterocycles. The number of ether oxygens (including phenoxy) is 2. The van der Waals surface area contributed by atoms with Crippen LogP contribution in [-0.4, -0.2) is 57.7 Å². The van der Waals surface area contributed by atoms with E-state index in [1.54, 1.807) is 6.07 Å². The first-order chi connectivity index (χ1) is 13.4. The molecule has 0 saturated carbocycles. The van der Waals surface area contributed by atoms with E-state index in [1.165, 1.54) is 6.07 Å². The zero-order chi connectivity index (χ0) is 20.0. The molecule has 5 atom stereocenters. The van der Waals surface area contributed by atoms with Crippen LogP contribution >= 0.6 is 11.6 Å². The molecule has 152 valence electrons. The normalized spacial score (nSPS) is 30.2. The average molecular weight is 413 g/mol. The van der Waals surface area contributed by atoms with E-state index in [0.29, 0.717) is 17.6 Å². The SMILES string of the molecule is O=c1oc2cc(O[C@@H]3O[C@H](CO)[C@@H](O)[C@@H](O)C3O)c(Cl)cc2c2c1CCCC2. The first kappa shape index (κ1) is 19.6. The highest BCUT2D eigenvalue weighted by atomic mass is 35.5. The van der Waals surface area contributed by atoms with Gasteiger partial charge in [0.05, 0.1) is 11.6 Å². The fourth-order valence-electron chi connectivity index (χ4n) is 3.82. The summed E-state index contributed by atoms with van der Waals surface area (Å²) in [5.74, 6) is 0.0809. The van der Waals surface area contributed by atoms with Crippen molar-refractivity contribution in [2.45, 2.75) is 56.4 Å². The largest absolute Gasteiger partial charge is 0.460 e. The molecule has 1 unspecified atom stereocenters. The molecule has 1 aliphatic carbocycles. The van der Waals surface area contributed by atoms with Gasteiger partial charge < -0.3 is 34.3 Å². The van der Waals surface area contributed by atoms with Crippen LogP contribution in [-0.2, 0) is 17.6 Å². The summed E-state index contributed by atoms with van der Waals surface area (Å²) in [6.07, 6.45) is -3.75. The van der Waals surface area contributed by atoms with Crippen molar-refractivity contribution in [3.63, 3.8) is 0 Å². The highest BCUT2D eigenvalue weighted by Gasteiger charge is 2.44. The predicted molar refractivity (Wildman–Crippen MR) is 98.5 cm³/mol. The molecular weight excluding hydrogens is 392 g/mol. The lowest BCUT2D eigenvalue weighted by Crippen LogP contribution is -2.60. The van der Waals surface area contributed by atoms with Gasteiger partial charge in [0.15, 0.2) is 0 Å². The minimum absolute atomic E-state index is 0.0809. The van der Waals surface area contributed by atoms with Gasteiger partial charge in [-0.15, -0.1) is 0 Å². The number of aryl methyl sites for hydroxylation is 1. The van der Waals surface area contributed by atoms with Gasteiger partial charge in [0, 0.05) is 17.0 Å². The minimum atomic E-state index is -1.57. The molecule has 0 amide bonds. The Bertz CT molecular complexity index is 940. The standard InChI is InChI=1S/C19H21ClO8/c20-11-5-10-8-3-1-2-4-9(8)18(25)26-12(10)6-13(11)27-19-17(24)16(23)15(22)14(7-21)28-19/h5-6,14-17,19,21-24H,1-4,7H2/t14-,15-,16-,17?,19-/m1/s1. The summed E-state index contributed by atoms with van der Waals surface area (Å²) in [4.78, 5) is 12.3. The van der Waals surface area contributed by atoms with E-state index < -0.39 is 37.3 Å². The van der Waals surface area contributed by atoms with Crippen molar-refractivity contribution in [2.24, 2.45) is 0 Å². The number of aliphatic hydroxyl groups is 4. The van der Waals surface area contributed by atoms with Crippen LogP contribution in [0, 0.1) is 0 Å². The van der Waals surface area contributed by atoms with E-state index in [0.717, 1.165) is 30.2 Å². The van der Waals surface area contributed by atoms with Crippen LogP contribution in [0.15, 0.2) is 21.3 Å². The third-order valence-corrected chi connectivity index (χ3v) is 5.66. The minimum Gasteiger partial charge on any atom is -0.460 e. The Morgan fingerprint density at radius 1 is 1.07 bits per heavy atom. The van der Waals surface area contributed by atoms with Crippen LogP contribution < -0.4 is 10.4 Å². The molecule has 0 spiro atoms. The van der Waals surface area contributed by atoms with E-state index in [2.05, 4.69) is 0 Å². The topological polar surface area (TPSA) is 130 Å². The van der Waals surface area contributed by atoms with Crippen LogP contribution in [0.4, 0.5) is 0 Å². The maximum Gasteiger partial charge on any atom is 0.339 e. The molecule has 4 N–H and O–H groups in total. The summed E-state index contributed by atoms with van der Waals surface area (Å²) >= 11 is 6.34. The predicted octanol–water partition coefficient (Wildman–Crippen LogP) is 0.504. The van der Waals surface area contributed by atoms with Crippen molar-refractivity contribution in [3.05, 3.63) is 38.7 Å². The van der Waals surface area contributed by atoms with Gasteiger partial charge in [-0.2, -0.15) is 0 Å². The lowest BCUT2D eigenvalue weighted by Gasteiger charge is -2.39. The quantitative estimate of drug-likeness (QED) is 0.536. The number of rotatable bonds is 3. The molecule has 0 radical (unpaired) electrons. The van der Waals surface area contributed by atoms with Gasteiger partial charge in [-0.3, -0.25) is 0 Å². The number of hydrogen-bond donors (Lipinski definition) is 4. The first-order valence-electron chi connectivity index (χ1n) is 9.16. The molecule has 4 rings (SSSR count). The smallest absolute Gasteiger partial charge is 0.339 e. The van der Waals surface area contributed by atoms with E-state index in [-0.39, 0.29) is 16.4 Å². The molecule has 2 aliphatic rings. The average Bonchev–Trinajstić information content (AvgIpc) is 2.70. The van der Waals surface area contributed by atoms with Crippen molar-refractivity contribution in [1.29, 1.82) is 0 Å². The van der Waals surface area contributed by atoms with Crippen LogP contribution in [0.3, 0.4) is 0 Å². The lowest BCUT2D eigenvalue weighted by atomic mass is 9.90. The molecule has 1 fully saturated rings. The molecule has 8 nitrogen and oxygen atoms in total. The highest BCUT2D eigenvalue weighted by Crippen LogP contribution is 2.36. The zero-order valence-corrected chi connectivity index (χ0v) is 15.6. The number of benzene rings is 1. The number of aliphatic hydroxyl groups excluding tert-OH is 4. The number of fused-ring (bicyclic) bond motifs is 3.